The van der Waals surface area contributed by atoms with Gasteiger partial charge in [-0.25, -0.2) is 9.97 Å². The standard InChI is InChI=1S/C29H32Cl2N4O4S/c1-17(36)29(2,26-11-19(13-32-26)9-18-5-7-22(30)23(31)10-18)35-27(37)16-40-28-33-14-21(15-34-28)20-6-8-24(38-3)25(12-20)39-4/h5-8,10,12,14-15,19,26,32H,9,11,13,16H2,1-4H3,(H,35,37). The van der Waals surface area contributed by atoms with Crippen LogP contribution in [0.1, 0.15) is 25.8 Å². The van der Waals surface area contributed by atoms with Gasteiger partial charge >= 0.3 is 0 Å². The minimum Gasteiger partial charge on any atom is -0.493 e. The number of ketones is 1. The molecular weight excluding hydrogens is 571 g/mol. The molecule has 0 radical (unpaired) electrons. The van der Waals surface area contributed by atoms with E-state index in [0.717, 1.165) is 36.1 Å². The highest BCUT2D eigenvalue weighted by atomic mass is 35.5. The van der Waals surface area contributed by atoms with Crippen LogP contribution in [0, 0.1) is 5.92 Å². The number of amides is 1. The lowest BCUT2D eigenvalue weighted by molar-refractivity contribution is -0.130. The number of methoxy groups -OCH3 is 2. The number of carbonyl (C=O) groups is 2. The Hall–Kier alpha value is -2.85. The first kappa shape index (κ1) is 30.1. The summed E-state index contributed by atoms with van der Waals surface area (Å²) in [6.45, 7) is 4.03. The van der Waals surface area contributed by atoms with Gasteiger partial charge in [-0.05, 0) is 74.5 Å². The summed E-state index contributed by atoms with van der Waals surface area (Å²) in [5, 5.41) is 7.94. The van der Waals surface area contributed by atoms with Crippen LogP contribution in [0.15, 0.2) is 53.9 Å². The van der Waals surface area contributed by atoms with Gasteiger partial charge < -0.3 is 20.1 Å². The van der Waals surface area contributed by atoms with Crippen molar-refractivity contribution in [3.8, 4) is 22.6 Å². The molecule has 4 rings (SSSR count). The fourth-order valence-electron chi connectivity index (χ4n) is 4.84. The summed E-state index contributed by atoms with van der Waals surface area (Å²) in [4.78, 5) is 34.5. The molecule has 1 fully saturated rings. The molecule has 1 aliphatic rings. The average Bonchev–Trinajstić information content (AvgIpc) is 3.42. The molecule has 3 atom stereocenters. The number of hydrogen-bond donors (Lipinski definition) is 2. The van der Waals surface area contributed by atoms with Crippen molar-refractivity contribution in [1.82, 2.24) is 20.6 Å². The molecule has 212 valence electrons. The number of benzene rings is 2. The van der Waals surface area contributed by atoms with E-state index < -0.39 is 5.54 Å². The normalized spacial score (nSPS) is 18.1. The van der Waals surface area contributed by atoms with Crippen LogP contribution in [0.3, 0.4) is 0 Å². The second-order valence-corrected chi connectivity index (χ2v) is 11.7. The molecule has 8 nitrogen and oxygen atoms in total. The number of ether oxygens (including phenoxy) is 2. The van der Waals surface area contributed by atoms with E-state index in [4.69, 9.17) is 32.7 Å². The van der Waals surface area contributed by atoms with Crippen LogP contribution in [-0.4, -0.2) is 59.8 Å². The Morgan fingerprint density at radius 2 is 1.77 bits per heavy atom. The van der Waals surface area contributed by atoms with Crippen LogP contribution >= 0.6 is 35.0 Å². The lowest BCUT2D eigenvalue weighted by Crippen LogP contribution is -2.62. The molecular formula is C29H32Cl2N4O4S. The fraction of sp³-hybridized carbons (Fsp3) is 0.379. The van der Waals surface area contributed by atoms with E-state index in [9.17, 15) is 9.59 Å². The second-order valence-electron chi connectivity index (χ2n) is 9.93. The van der Waals surface area contributed by atoms with Crippen LogP contribution in [0.25, 0.3) is 11.1 Å². The Morgan fingerprint density at radius 1 is 1.05 bits per heavy atom. The molecule has 0 aliphatic carbocycles. The molecule has 11 heteroatoms. The van der Waals surface area contributed by atoms with Gasteiger partial charge in [-0.2, -0.15) is 0 Å². The Morgan fingerprint density at radius 3 is 2.42 bits per heavy atom. The zero-order chi connectivity index (χ0) is 28.9. The van der Waals surface area contributed by atoms with Gasteiger partial charge in [0.25, 0.3) is 0 Å². The number of rotatable bonds is 11. The molecule has 0 saturated carbocycles. The minimum absolute atomic E-state index is 0.0813. The van der Waals surface area contributed by atoms with Crippen LogP contribution < -0.4 is 20.1 Å². The largest absolute Gasteiger partial charge is 0.493 e. The summed E-state index contributed by atoms with van der Waals surface area (Å²) < 4.78 is 10.7. The van der Waals surface area contributed by atoms with Crippen molar-refractivity contribution in [3.63, 3.8) is 0 Å². The molecule has 3 aromatic rings. The van der Waals surface area contributed by atoms with Gasteiger partial charge in [0.1, 0.15) is 5.54 Å². The quantitative estimate of drug-likeness (QED) is 0.227. The van der Waals surface area contributed by atoms with Crippen molar-refractivity contribution >= 4 is 46.7 Å². The van der Waals surface area contributed by atoms with E-state index in [1.165, 1.54) is 18.7 Å². The maximum Gasteiger partial charge on any atom is 0.231 e. The average molecular weight is 604 g/mol. The van der Waals surface area contributed by atoms with Crippen molar-refractivity contribution in [3.05, 3.63) is 64.4 Å². The molecule has 2 N–H and O–H groups in total. The molecule has 2 heterocycles. The van der Waals surface area contributed by atoms with Gasteiger partial charge in [0, 0.05) is 24.0 Å². The zero-order valence-electron chi connectivity index (χ0n) is 22.8. The Balaban J connectivity index is 1.33. The Bertz CT molecular complexity index is 1370. The number of hydrogen-bond acceptors (Lipinski definition) is 8. The van der Waals surface area contributed by atoms with Crippen molar-refractivity contribution in [2.45, 2.75) is 43.4 Å². The Kier molecular flexibility index (Phi) is 9.94. The van der Waals surface area contributed by atoms with Gasteiger partial charge in [0.2, 0.25) is 5.91 Å². The van der Waals surface area contributed by atoms with Gasteiger partial charge in [-0.15, -0.1) is 0 Å². The highest BCUT2D eigenvalue weighted by molar-refractivity contribution is 7.99. The SMILES string of the molecule is COc1ccc(-c2cnc(SCC(=O)NC(C)(C(C)=O)C3CC(Cc4ccc(Cl)c(Cl)c4)CN3)nc2)cc1OC. The van der Waals surface area contributed by atoms with Crippen molar-refractivity contribution in [2.75, 3.05) is 26.5 Å². The van der Waals surface area contributed by atoms with E-state index in [1.54, 1.807) is 39.6 Å². The summed E-state index contributed by atoms with van der Waals surface area (Å²) in [6, 6.07) is 11.0. The first-order valence-electron chi connectivity index (χ1n) is 12.8. The number of thioether (sulfide) groups is 1. The summed E-state index contributed by atoms with van der Waals surface area (Å²) in [5.41, 5.74) is 1.73. The van der Waals surface area contributed by atoms with Crippen LogP contribution in [0.4, 0.5) is 0 Å². The molecule has 1 amide bonds. The van der Waals surface area contributed by atoms with Crippen LogP contribution in [0.2, 0.25) is 10.0 Å². The number of nitrogens with one attached hydrogen (secondary N) is 2. The summed E-state index contributed by atoms with van der Waals surface area (Å²) in [7, 11) is 3.17. The van der Waals surface area contributed by atoms with E-state index in [2.05, 4.69) is 20.6 Å². The van der Waals surface area contributed by atoms with Gasteiger partial charge in [-0.3, -0.25) is 9.59 Å². The molecule has 1 aliphatic heterocycles. The summed E-state index contributed by atoms with van der Waals surface area (Å²) in [6.07, 6.45) is 4.94. The third-order valence-electron chi connectivity index (χ3n) is 7.24. The topological polar surface area (TPSA) is 102 Å². The second kappa shape index (κ2) is 13.2. The predicted molar refractivity (Wildman–Crippen MR) is 159 cm³/mol. The number of halogens is 2. The fourth-order valence-corrected chi connectivity index (χ4v) is 5.74. The number of aromatic nitrogens is 2. The van der Waals surface area contributed by atoms with Crippen LogP contribution in [0.5, 0.6) is 11.5 Å². The maximum absolute atomic E-state index is 12.9. The van der Waals surface area contributed by atoms with E-state index in [-0.39, 0.29) is 23.5 Å². The monoisotopic (exact) mass is 602 g/mol. The lowest BCUT2D eigenvalue weighted by atomic mass is 9.84. The predicted octanol–water partition coefficient (Wildman–Crippen LogP) is 5.24. The Labute approximate surface area is 248 Å². The van der Waals surface area contributed by atoms with E-state index in [1.807, 2.05) is 30.3 Å². The smallest absolute Gasteiger partial charge is 0.231 e. The van der Waals surface area contributed by atoms with E-state index in [0.29, 0.717) is 32.6 Å². The van der Waals surface area contributed by atoms with Crippen LogP contribution in [-0.2, 0) is 16.0 Å². The summed E-state index contributed by atoms with van der Waals surface area (Å²) in [5.74, 6) is 1.26. The molecule has 0 spiro atoms. The first-order chi connectivity index (χ1) is 19.1. The third kappa shape index (κ3) is 7.07. The third-order valence-corrected chi connectivity index (χ3v) is 8.85. The molecule has 2 aromatic carbocycles. The molecule has 3 unspecified atom stereocenters. The highest BCUT2D eigenvalue weighted by Crippen LogP contribution is 2.32. The van der Waals surface area contributed by atoms with Gasteiger partial charge in [0.15, 0.2) is 22.4 Å². The van der Waals surface area contributed by atoms with Gasteiger partial charge in [0.05, 0.1) is 30.0 Å². The van der Waals surface area contributed by atoms with Crippen molar-refractivity contribution in [2.24, 2.45) is 5.92 Å². The van der Waals surface area contributed by atoms with Gasteiger partial charge in [-0.1, -0.05) is 47.1 Å². The zero-order valence-corrected chi connectivity index (χ0v) is 25.1. The molecule has 40 heavy (non-hydrogen) atoms. The number of carbonyl (C=O) groups excluding carboxylic acids is 2. The molecule has 0 bridgehead atoms. The molecule has 1 saturated heterocycles. The summed E-state index contributed by atoms with van der Waals surface area (Å²) >= 11 is 13.4. The maximum atomic E-state index is 12.9. The van der Waals surface area contributed by atoms with E-state index >= 15 is 0 Å². The molecule has 1 aromatic heterocycles. The first-order valence-corrected chi connectivity index (χ1v) is 14.5. The highest BCUT2D eigenvalue weighted by Gasteiger charge is 2.43. The minimum atomic E-state index is -1.04. The number of Topliss-reactive ketones (excluding diaryl/α,β-unsaturated/α-hetero) is 1. The number of nitrogens with zero attached hydrogens (tertiary/aromatic N) is 2. The van der Waals surface area contributed by atoms with Crippen molar-refractivity contribution in [1.29, 1.82) is 0 Å². The van der Waals surface area contributed by atoms with Crippen molar-refractivity contribution < 1.29 is 19.1 Å². The lowest BCUT2D eigenvalue weighted by Gasteiger charge is -2.34.